The summed E-state index contributed by atoms with van der Waals surface area (Å²) >= 11 is 0. The summed E-state index contributed by atoms with van der Waals surface area (Å²) in [6, 6.07) is 0. The molecule has 0 fully saturated rings. The maximum Gasteiger partial charge on any atom is 0.310 e. The number of unbranched alkanes of at least 4 members (excludes halogenated alkanes) is 12. The summed E-state index contributed by atoms with van der Waals surface area (Å²) in [5.41, 5.74) is 0. The van der Waals surface area contributed by atoms with Crippen molar-refractivity contribution >= 4 is 5.97 Å². The van der Waals surface area contributed by atoms with Crippen LogP contribution in [-0.4, -0.2) is 17.7 Å². The van der Waals surface area contributed by atoms with Crippen LogP contribution in [0.4, 0.5) is 0 Å². The van der Waals surface area contributed by atoms with E-state index in [0.29, 0.717) is 13.0 Å². The van der Waals surface area contributed by atoms with Gasteiger partial charge in [0.25, 0.3) is 0 Å². The van der Waals surface area contributed by atoms with Gasteiger partial charge in [0, 0.05) is 13.0 Å². The Balaban J connectivity index is 3.02. The molecule has 0 bridgehead atoms. The zero-order valence-corrected chi connectivity index (χ0v) is 13.7. The first kappa shape index (κ1) is 20.2. The van der Waals surface area contributed by atoms with Crippen molar-refractivity contribution in [1.29, 1.82) is 0 Å². The molecule has 1 N–H and O–H groups in total. The molecule has 0 aliphatic carbocycles. The quantitative estimate of drug-likeness (QED) is 0.244. The minimum absolute atomic E-state index is 0.163. The topological polar surface area (TPSA) is 46.5 Å². The summed E-state index contributed by atoms with van der Waals surface area (Å²) in [5.74, 6) is -0.163. The Morgan fingerprint density at radius 1 is 0.762 bits per heavy atom. The zero-order chi connectivity index (χ0) is 15.6. The minimum atomic E-state index is -0.163. The van der Waals surface area contributed by atoms with Gasteiger partial charge in [-0.15, -0.1) is 0 Å². The van der Waals surface area contributed by atoms with Gasteiger partial charge >= 0.3 is 5.97 Å². The van der Waals surface area contributed by atoms with Gasteiger partial charge in [-0.05, 0) is 12.8 Å². The fourth-order valence-electron chi connectivity index (χ4n) is 2.48. The van der Waals surface area contributed by atoms with Crippen LogP contribution in [0.25, 0.3) is 0 Å². The van der Waals surface area contributed by atoms with Crippen molar-refractivity contribution in [1.82, 2.24) is 0 Å². The first-order valence-electron chi connectivity index (χ1n) is 8.72. The van der Waals surface area contributed by atoms with Gasteiger partial charge in [-0.3, -0.25) is 4.79 Å². The van der Waals surface area contributed by atoms with E-state index >= 15 is 0 Å². The van der Waals surface area contributed by atoms with E-state index in [1.165, 1.54) is 70.5 Å². The molecule has 0 saturated carbocycles. The lowest BCUT2D eigenvalue weighted by Gasteiger charge is -2.03. The molecular formula is C18H34O3. The van der Waals surface area contributed by atoms with Gasteiger partial charge in [-0.25, -0.2) is 0 Å². The van der Waals surface area contributed by atoms with Crippen LogP contribution in [0.5, 0.6) is 0 Å². The van der Waals surface area contributed by atoms with E-state index < -0.39 is 0 Å². The first-order chi connectivity index (χ1) is 10.3. The van der Waals surface area contributed by atoms with Crippen LogP contribution in [0, 0.1) is 0 Å². The largest absolute Gasteiger partial charge is 0.435 e. The molecule has 0 aliphatic rings. The lowest BCUT2D eigenvalue weighted by molar-refractivity contribution is -0.138. The molecule has 0 heterocycles. The Bertz CT molecular complexity index is 239. The van der Waals surface area contributed by atoms with Crippen LogP contribution in [0.3, 0.4) is 0 Å². The van der Waals surface area contributed by atoms with E-state index in [1.54, 1.807) is 0 Å². The predicted octanol–water partition coefficient (Wildman–Crippen LogP) is 5.13. The van der Waals surface area contributed by atoms with Crippen molar-refractivity contribution in [3.8, 4) is 0 Å². The van der Waals surface area contributed by atoms with Crippen molar-refractivity contribution in [3.63, 3.8) is 0 Å². The highest BCUT2D eigenvalue weighted by atomic mass is 16.5. The van der Waals surface area contributed by atoms with Gasteiger partial charge in [0.15, 0.2) is 0 Å². The molecule has 0 radical (unpaired) electrons. The molecule has 0 spiro atoms. The smallest absolute Gasteiger partial charge is 0.310 e. The van der Waals surface area contributed by atoms with E-state index in [2.05, 4.69) is 11.3 Å². The highest BCUT2D eigenvalue weighted by Crippen LogP contribution is 2.13. The molecule has 0 unspecified atom stereocenters. The summed E-state index contributed by atoms with van der Waals surface area (Å²) < 4.78 is 4.67. The van der Waals surface area contributed by atoms with Crippen molar-refractivity contribution < 1.29 is 14.6 Å². The number of aliphatic hydroxyl groups excluding tert-OH is 1. The van der Waals surface area contributed by atoms with Crippen molar-refractivity contribution in [2.45, 2.75) is 89.9 Å². The van der Waals surface area contributed by atoms with Crippen molar-refractivity contribution in [3.05, 3.63) is 12.8 Å². The Labute approximate surface area is 130 Å². The Morgan fingerprint density at radius 3 is 1.52 bits per heavy atom. The molecule has 0 aromatic carbocycles. The van der Waals surface area contributed by atoms with Crippen LogP contribution in [0.1, 0.15) is 89.9 Å². The maximum atomic E-state index is 11.1. The fourth-order valence-corrected chi connectivity index (χ4v) is 2.48. The first-order valence-corrected chi connectivity index (χ1v) is 8.72. The molecule has 0 saturated heterocycles. The van der Waals surface area contributed by atoms with Crippen molar-refractivity contribution in [2.24, 2.45) is 0 Å². The average Bonchev–Trinajstić information content (AvgIpc) is 2.48. The number of carbonyl (C=O) groups excluding carboxylic acids is 1. The van der Waals surface area contributed by atoms with Gasteiger partial charge in [0.05, 0.1) is 6.26 Å². The molecule has 21 heavy (non-hydrogen) atoms. The summed E-state index contributed by atoms with van der Waals surface area (Å²) in [6.07, 6.45) is 17.7. The summed E-state index contributed by atoms with van der Waals surface area (Å²) in [6.45, 7) is 3.71. The van der Waals surface area contributed by atoms with Crippen LogP contribution < -0.4 is 0 Å². The minimum Gasteiger partial charge on any atom is -0.435 e. The normalized spacial score (nSPS) is 10.5. The van der Waals surface area contributed by atoms with E-state index in [4.69, 9.17) is 5.11 Å². The van der Waals surface area contributed by atoms with Gasteiger partial charge in [0.2, 0.25) is 0 Å². The molecule has 0 aromatic rings. The van der Waals surface area contributed by atoms with Crippen LogP contribution in [0.2, 0.25) is 0 Å². The molecule has 0 aliphatic heterocycles. The Morgan fingerprint density at radius 2 is 1.14 bits per heavy atom. The number of hydrogen-bond donors (Lipinski definition) is 1. The highest BCUT2D eigenvalue weighted by Gasteiger charge is 2.00. The van der Waals surface area contributed by atoms with E-state index in [0.717, 1.165) is 19.3 Å². The lowest BCUT2D eigenvalue weighted by atomic mass is 10.0. The fraction of sp³-hybridized carbons (Fsp3) is 0.833. The third kappa shape index (κ3) is 17.1. The number of esters is 1. The molecule has 0 rings (SSSR count). The maximum absolute atomic E-state index is 11.1. The number of rotatable bonds is 16. The van der Waals surface area contributed by atoms with Gasteiger partial charge in [-0.2, -0.15) is 0 Å². The second-order valence-electron chi connectivity index (χ2n) is 5.73. The van der Waals surface area contributed by atoms with Gasteiger partial charge in [-0.1, -0.05) is 77.2 Å². The second-order valence-corrected chi connectivity index (χ2v) is 5.73. The van der Waals surface area contributed by atoms with Crippen LogP contribution in [0.15, 0.2) is 12.8 Å². The number of aliphatic hydroxyl groups is 1. The van der Waals surface area contributed by atoms with Gasteiger partial charge < -0.3 is 9.84 Å². The summed E-state index contributed by atoms with van der Waals surface area (Å²) in [7, 11) is 0. The molecule has 0 atom stereocenters. The monoisotopic (exact) mass is 298 g/mol. The number of hydrogen-bond acceptors (Lipinski definition) is 3. The molecule has 3 nitrogen and oxygen atoms in total. The molecule has 0 aromatic heterocycles. The Kier molecular flexibility index (Phi) is 16.5. The third-order valence-electron chi connectivity index (χ3n) is 3.75. The molecule has 124 valence electrons. The third-order valence-corrected chi connectivity index (χ3v) is 3.75. The molecule has 0 amide bonds. The van der Waals surface area contributed by atoms with E-state index in [1.807, 2.05) is 0 Å². The van der Waals surface area contributed by atoms with Crippen molar-refractivity contribution in [2.75, 3.05) is 6.61 Å². The highest BCUT2D eigenvalue weighted by molar-refractivity contribution is 5.69. The van der Waals surface area contributed by atoms with E-state index in [9.17, 15) is 4.79 Å². The second kappa shape index (κ2) is 17.2. The number of carbonyl (C=O) groups is 1. The van der Waals surface area contributed by atoms with E-state index in [-0.39, 0.29) is 5.97 Å². The summed E-state index contributed by atoms with van der Waals surface area (Å²) in [4.78, 5) is 11.1. The SMILES string of the molecule is C=COC(=O)CCCCCCCCCCCCCCCO. The molecule has 3 heteroatoms. The van der Waals surface area contributed by atoms with Gasteiger partial charge in [0.1, 0.15) is 0 Å². The number of ether oxygens (including phenoxy) is 1. The standard InChI is InChI=1S/C18H34O3/c1-2-21-18(20)16-14-12-10-8-6-4-3-5-7-9-11-13-15-17-19/h2,19H,1,3-17H2. The van der Waals surface area contributed by atoms with Crippen LogP contribution in [-0.2, 0) is 9.53 Å². The zero-order valence-electron chi connectivity index (χ0n) is 13.7. The summed E-state index contributed by atoms with van der Waals surface area (Å²) in [5, 5.41) is 8.67. The average molecular weight is 298 g/mol. The lowest BCUT2D eigenvalue weighted by Crippen LogP contribution is -1.98. The van der Waals surface area contributed by atoms with Crippen LogP contribution >= 0.6 is 0 Å². The Hall–Kier alpha value is -0.830. The molecular weight excluding hydrogens is 264 g/mol. The predicted molar refractivity (Wildman–Crippen MR) is 88.0 cm³/mol.